The minimum absolute atomic E-state index is 0. The normalized spacial score (nSPS) is 9.58. The Hall–Kier alpha value is -2.26. The van der Waals surface area contributed by atoms with Crippen LogP contribution in [0.25, 0.3) is 0 Å². The van der Waals surface area contributed by atoms with E-state index in [-0.39, 0.29) is 6.15 Å². The van der Waals surface area contributed by atoms with Crippen LogP contribution in [-0.4, -0.2) is 11.6 Å². The number of carbonyl (C=O) groups is 2. The molecular weight excluding hydrogens is 238 g/mol. The number of hydrogen-bond acceptors (Lipinski definition) is 3. The van der Waals surface area contributed by atoms with Crippen molar-refractivity contribution in [3.8, 4) is 0 Å². The molecule has 0 unspecified atom stereocenters. The lowest BCUT2D eigenvalue weighted by Gasteiger charge is -2.04. The Kier molecular flexibility index (Phi) is 4.73. The fourth-order valence-electron chi connectivity index (χ4n) is 1.73. The van der Waals surface area contributed by atoms with Crippen molar-refractivity contribution in [1.29, 1.82) is 0 Å². The molecule has 0 fully saturated rings. The Morgan fingerprint density at radius 1 is 0.737 bits per heavy atom. The summed E-state index contributed by atoms with van der Waals surface area (Å²) in [5.41, 5.74) is 3.01. The van der Waals surface area contributed by atoms with Gasteiger partial charge < -0.3 is 6.15 Å². The predicted octanol–water partition coefficient (Wildman–Crippen LogP) is 3.53. The van der Waals surface area contributed by atoms with E-state index in [1.54, 1.807) is 36.4 Å². The minimum Gasteiger partial charge on any atom is -0.344 e. The molecule has 98 valence electrons. The largest absolute Gasteiger partial charge is 0.344 e. The van der Waals surface area contributed by atoms with E-state index in [2.05, 4.69) is 0 Å². The molecule has 3 heteroatoms. The van der Waals surface area contributed by atoms with Crippen LogP contribution in [0, 0.1) is 13.8 Å². The van der Waals surface area contributed by atoms with Gasteiger partial charge in [-0.25, -0.2) is 0 Å². The van der Waals surface area contributed by atoms with Crippen molar-refractivity contribution in [3.63, 3.8) is 0 Å². The average molecular weight is 255 g/mol. The van der Waals surface area contributed by atoms with E-state index in [4.69, 9.17) is 0 Å². The highest BCUT2D eigenvalue weighted by Gasteiger charge is 2.18. The maximum Gasteiger partial charge on any atom is 0.233 e. The van der Waals surface area contributed by atoms with E-state index in [9.17, 15) is 9.59 Å². The summed E-state index contributed by atoms with van der Waals surface area (Å²) in [6.45, 7) is 3.90. The van der Waals surface area contributed by atoms with Gasteiger partial charge in [-0.3, -0.25) is 9.59 Å². The standard InChI is InChI=1S/C16H14O2.H3N/c1-11-8-9-14(10-12(11)2)16(18)15(17)13-6-4-3-5-7-13;/h3-10H,1-2H3;1H3. The van der Waals surface area contributed by atoms with Crippen LogP contribution in [0.15, 0.2) is 48.5 Å². The molecule has 0 saturated heterocycles. The number of Topliss-reactive ketones (excluding diaryl/α,β-unsaturated/α-hetero) is 2. The molecule has 2 rings (SSSR count). The number of rotatable bonds is 3. The van der Waals surface area contributed by atoms with Crippen LogP contribution < -0.4 is 6.15 Å². The van der Waals surface area contributed by atoms with Crippen molar-refractivity contribution in [2.45, 2.75) is 13.8 Å². The van der Waals surface area contributed by atoms with Gasteiger partial charge in [-0.2, -0.15) is 0 Å². The van der Waals surface area contributed by atoms with E-state index in [0.717, 1.165) is 11.1 Å². The third kappa shape index (κ3) is 3.14. The molecule has 0 radical (unpaired) electrons. The zero-order chi connectivity index (χ0) is 13.1. The summed E-state index contributed by atoms with van der Waals surface area (Å²) >= 11 is 0. The quantitative estimate of drug-likeness (QED) is 0.673. The summed E-state index contributed by atoms with van der Waals surface area (Å²) in [7, 11) is 0. The zero-order valence-electron chi connectivity index (χ0n) is 11.1. The van der Waals surface area contributed by atoms with E-state index >= 15 is 0 Å². The molecule has 2 aromatic carbocycles. The lowest BCUT2D eigenvalue weighted by Crippen LogP contribution is -2.14. The fraction of sp³-hybridized carbons (Fsp3) is 0.125. The Morgan fingerprint density at radius 3 is 1.89 bits per heavy atom. The maximum atomic E-state index is 12.1. The molecule has 0 heterocycles. The van der Waals surface area contributed by atoms with E-state index in [1.807, 2.05) is 26.0 Å². The monoisotopic (exact) mass is 255 g/mol. The molecule has 0 saturated carbocycles. The first-order valence-corrected chi connectivity index (χ1v) is 5.81. The number of ketones is 2. The highest BCUT2D eigenvalue weighted by molar-refractivity contribution is 6.49. The Balaban J connectivity index is 0.00000180. The molecule has 2 aromatic rings. The van der Waals surface area contributed by atoms with Crippen LogP contribution in [0.3, 0.4) is 0 Å². The molecular formula is C16H17NO2. The topological polar surface area (TPSA) is 69.1 Å². The van der Waals surface area contributed by atoms with E-state index in [0.29, 0.717) is 11.1 Å². The van der Waals surface area contributed by atoms with Gasteiger partial charge in [0.2, 0.25) is 11.6 Å². The van der Waals surface area contributed by atoms with Gasteiger partial charge in [-0.15, -0.1) is 0 Å². The SMILES string of the molecule is Cc1ccc(C(=O)C(=O)c2ccccc2)cc1C.N. The van der Waals surface area contributed by atoms with Crippen LogP contribution in [0.4, 0.5) is 0 Å². The van der Waals surface area contributed by atoms with Gasteiger partial charge in [0.25, 0.3) is 0 Å². The second kappa shape index (κ2) is 6.07. The highest BCUT2D eigenvalue weighted by Crippen LogP contribution is 2.13. The summed E-state index contributed by atoms with van der Waals surface area (Å²) in [4.78, 5) is 24.1. The van der Waals surface area contributed by atoms with Crippen LogP contribution >= 0.6 is 0 Å². The molecule has 0 amide bonds. The summed E-state index contributed by atoms with van der Waals surface area (Å²) in [5.74, 6) is -0.914. The van der Waals surface area contributed by atoms with Gasteiger partial charge in [0.05, 0.1) is 0 Å². The first-order valence-electron chi connectivity index (χ1n) is 5.81. The number of carbonyl (C=O) groups excluding carboxylic acids is 2. The minimum atomic E-state index is -0.459. The van der Waals surface area contributed by atoms with Crippen molar-refractivity contribution in [1.82, 2.24) is 6.15 Å². The summed E-state index contributed by atoms with van der Waals surface area (Å²) in [5, 5.41) is 0. The van der Waals surface area contributed by atoms with Crippen LogP contribution in [-0.2, 0) is 0 Å². The van der Waals surface area contributed by atoms with Crippen LogP contribution in [0.1, 0.15) is 31.8 Å². The average Bonchev–Trinajstić information content (AvgIpc) is 2.41. The fourth-order valence-corrected chi connectivity index (χ4v) is 1.73. The van der Waals surface area contributed by atoms with Gasteiger partial charge in [0.1, 0.15) is 0 Å². The van der Waals surface area contributed by atoms with Gasteiger partial charge in [0, 0.05) is 11.1 Å². The van der Waals surface area contributed by atoms with Crippen LogP contribution in [0.2, 0.25) is 0 Å². The molecule has 0 aliphatic heterocycles. The molecule has 19 heavy (non-hydrogen) atoms. The van der Waals surface area contributed by atoms with Crippen LogP contribution in [0.5, 0.6) is 0 Å². The van der Waals surface area contributed by atoms with Crippen molar-refractivity contribution in [3.05, 3.63) is 70.8 Å². The lowest BCUT2D eigenvalue weighted by atomic mass is 9.98. The van der Waals surface area contributed by atoms with Gasteiger partial charge >= 0.3 is 0 Å². The first kappa shape index (κ1) is 14.8. The number of aryl methyl sites for hydroxylation is 2. The van der Waals surface area contributed by atoms with Crippen molar-refractivity contribution in [2.75, 3.05) is 0 Å². The lowest BCUT2D eigenvalue weighted by molar-refractivity contribution is 0.0817. The second-order valence-electron chi connectivity index (χ2n) is 4.32. The smallest absolute Gasteiger partial charge is 0.233 e. The maximum absolute atomic E-state index is 12.1. The second-order valence-corrected chi connectivity index (χ2v) is 4.32. The zero-order valence-corrected chi connectivity index (χ0v) is 11.1. The molecule has 0 spiro atoms. The molecule has 0 bridgehead atoms. The van der Waals surface area contributed by atoms with E-state index < -0.39 is 11.6 Å². The van der Waals surface area contributed by atoms with Crippen molar-refractivity contribution in [2.24, 2.45) is 0 Å². The molecule has 0 aromatic heterocycles. The molecule has 0 aliphatic carbocycles. The van der Waals surface area contributed by atoms with Gasteiger partial charge in [-0.1, -0.05) is 42.5 Å². The summed E-state index contributed by atoms with van der Waals surface area (Å²) in [6.07, 6.45) is 0. The highest BCUT2D eigenvalue weighted by atomic mass is 16.2. The molecule has 0 atom stereocenters. The Morgan fingerprint density at radius 2 is 1.32 bits per heavy atom. The van der Waals surface area contributed by atoms with Crippen molar-refractivity contribution >= 4 is 11.6 Å². The van der Waals surface area contributed by atoms with Crippen molar-refractivity contribution < 1.29 is 9.59 Å². The first-order chi connectivity index (χ1) is 8.59. The van der Waals surface area contributed by atoms with E-state index in [1.165, 1.54) is 0 Å². The predicted molar refractivity (Wildman–Crippen MR) is 76.0 cm³/mol. The van der Waals surface area contributed by atoms with Gasteiger partial charge in [-0.05, 0) is 31.0 Å². The Labute approximate surface area is 112 Å². The van der Waals surface area contributed by atoms with Gasteiger partial charge in [0.15, 0.2) is 0 Å². The number of benzene rings is 2. The summed E-state index contributed by atoms with van der Waals surface area (Å²) < 4.78 is 0. The third-order valence-corrected chi connectivity index (χ3v) is 3.01. The Bertz CT molecular complexity index is 603. The molecule has 0 aliphatic rings. The third-order valence-electron chi connectivity index (χ3n) is 3.01. The summed E-state index contributed by atoms with van der Waals surface area (Å²) in [6, 6.07) is 14.0. The molecule has 3 N–H and O–H groups in total. The number of hydrogen-bond donors (Lipinski definition) is 1. The molecule has 3 nitrogen and oxygen atoms in total.